The van der Waals surface area contributed by atoms with Crippen molar-refractivity contribution in [2.75, 3.05) is 65.7 Å². The molecule has 12 heteroatoms. The zero-order valence-electron chi connectivity index (χ0n) is 59.8. The first kappa shape index (κ1) is 69.8. The highest BCUT2D eigenvalue weighted by molar-refractivity contribution is 6.22. The molecule has 0 saturated heterocycles. The van der Waals surface area contributed by atoms with E-state index in [4.69, 9.17) is 9.47 Å². The standard InChI is InChI=1S/C82H122N4O8/c1-53(2)17-15-19-55(5)69-29-31-71-67-27-25-57-47-59(33-37-79(57,7)73(67)35-39-81(69,71)9)83(49-61(87)51-85-75(89)63-21-11-12-22-64(63)76(85)90)41-43-93-45-46-94-44-42-84(50-62(88)52-86-77(91)65-23-13-14-24-66(65)78(86)92)60-34-38-80(8)58(48-60)26-28-68-72-32-30-70(56(6)20-16-18-54(3)4)82(72,10)40-36-74(68)80/h11-14,21-26,53-56,59-62,67-74,87-88H,15-20,27-52H2,1-10H3. The summed E-state index contributed by atoms with van der Waals surface area (Å²) < 4.78 is 12.9. The lowest BCUT2D eigenvalue weighted by atomic mass is 9.46. The van der Waals surface area contributed by atoms with Gasteiger partial charge in [-0.05, 0) is 220 Å². The molecule has 8 aliphatic carbocycles. The normalized spacial score (nSPS) is 34.8. The number of benzene rings is 2. The molecule has 4 amide bonds. The van der Waals surface area contributed by atoms with Gasteiger partial charge in [0.1, 0.15) is 0 Å². The summed E-state index contributed by atoms with van der Waals surface area (Å²) in [6.07, 6.45) is 31.0. The molecule has 18 unspecified atom stereocenters. The van der Waals surface area contributed by atoms with Gasteiger partial charge in [-0.25, -0.2) is 0 Å². The lowest BCUT2D eigenvalue weighted by Gasteiger charge is -2.59. The number of hydrogen-bond acceptors (Lipinski definition) is 10. The molecular formula is C82H122N4O8. The number of hydrogen-bond donors (Lipinski definition) is 2. The number of aliphatic hydroxyl groups excluding tert-OH is 2. The van der Waals surface area contributed by atoms with Crippen LogP contribution in [0.15, 0.2) is 71.8 Å². The summed E-state index contributed by atoms with van der Waals surface area (Å²) in [5, 5.41) is 23.8. The molecule has 2 aromatic carbocycles. The third kappa shape index (κ3) is 13.6. The number of aliphatic hydroxyl groups is 2. The molecule has 2 aliphatic heterocycles. The molecule has 0 radical (unpaired) electrons. The molecular weight excluding hydrogens is 1170 g/mol. The highest BCUT2D eigenvalue weighted by Gasteiger charge is 2.61. The SMILES string of the molecule is CC(C)CCCC(C)C1CCC2C3CC=C4CC(N(CCOCCOCCN(CC(O)CN5C(=O)c6ccccc6C5=O)C5CCC6(C)C(=CCC7C6CCC6(C)C(C(C)CCCC(C)C)CCC76)C5)CC(O)CN5C(=O)c6ccccc6C5=O)CCC4(C)C3CCC12C. The Bertz CT molecular complexity index is 2810. The van der Waals surface area contributed by atoms with E-state index in [1.807, 2.05) is 0 Å². The molecule has 2 N–H and O–H groups in total. The highest BCUT2D eigenvalue weighted by atomic mass is 16.5. The minimum absolute atomic E-state index is 0.0554. The second-order valence-corrected chi connectivity index (χ2v) is 34.4. The molecule has 0 aromatic heterocycles. The zero-order chi connectivity index (χ0) is 66.4. The molecule has 12 rings (SSSR count). The average Bonchev–Trinajstić information content (AvgIpc) is 1.39. The molecule has 2 heterocycles. The van der Waals surface area contributed by atoms with Crippen molar-refractivity contribution in [3.8, 4) is 0 Å². The van der Waals surface area contributed by atoms with Crippen molar-refractivity contribution in [3.63, 3.8) is 0 Å². The number of fused-ring (bicyclic) bond motifs is 12. The molecule has 10 aliphatic rings. The Labute approximate surface area is 566 Å². The number of β-amino-alcohol motifs (C(OH)–C–C–N with tert-alkyl or cyclic N) is 2. The summed E-state index contributed by atoms with van der Waals surface area (Å²) in [5.41, 5.74) is 6.01. The lowest BCUT2D eigenvalue weighted by Crippen LogP contribution is -2.53. The van der Waals surface area contributed by atoms with E-state index in [1.54, 1.807) is 59.7 Å². The summed E-state index contributed by atoms with van der Waals surface area (Å²) in [4.78, 5) is 61.4. The summed E-state index contributed by atoms with van der Waals surface area (Å²) >= 11 is 0. The summed E-state index contributed by atoms with van der Waals surface area (Å²) in [7, 11) is 0. The van der Waals surface area contributed by atoms with E-state index in [-0.39, 0.29) is 59.6 Å². The Morgan fingerprint density at radius 2 is 0.851 bits per heavy atom. The van der Waals surface area contributed by atoms with Crippen LogP contribution in [0.1, 0.15) is 252 Å². The van der Waals surface area contributed by atoms with Crippen LogP contribution in [0.25, 0.3) is 0 Å². The summed E-state index contributed by atoms with van der Waals surface area (Å²) in [6, 6.07) is 14.3. The van der Waals surface area contributed by atoms with Gasteiger partial charge in [0.15, 0.2) is 0 Å². The summed E-state index contributed by atoms with van der Waals surface area (Å²) in [6.45, 7) is 28.6. The van der Waals surface area contributed by atoms with E-state index >= 15 is 0 Å². The number of imide groups is 2. The van der Waals surface area contributed by atoms with Gasteiger partial charge in [-0.1, -0.05) is 155 Å². The van der Waals surface area contributed by atoms with Gasteiger partial charge in [0.05, 0.1) is 74.0 Å². The Morgan fingerprint density at radius 1 is 0.479 bits per heavy atom. The minimum Gasteiger partial charge on any atom is -0.390 e. The third-order valence-corrected chi connectivity index (χ3v) is 28.4. The average molecular weight is 1290 g/mol. The molecule has 6 fully saturated rings. The predicted octanol–water partition coefficient (Wildman–Crippen LogP) is 15.8. The largest absolute Gasteiger partial charge is 0.390 e. The number of carbonyl (C=O) groups excluding carboxylic acids is 4. The van der Waals surface area contributed by atoms with Crippen molar-refractivity contribution in [1.82, 2.24) is 19.6 Å². The Hall–Kier alpha value is -4.04. The predicted molar refractivity (Wildman–Crippen MR) is 374 cm³/mol. The van der Waals surface area contributed by atoms with E-state index < -0.39 is 12.2 Å². The Kier molecular flexibility index (Phi) is 21.6. The molecule has 12 nitrogen and oxygen atoms in total. The van der Waals surface area contributed by atoms with Crippen LogP contribution < -0.4 is 0 Å². The smallest absolute Gasteiger partial charge is 0.261 e. The second-order valence-electron chi connectivity index (χ2n) is 34.4. The maximum atomic E-state index is 13.5. The van der Waals surface area contributed by atoms with Gasteiger partial charge in [0.25, 0.3) is 23.6 Å². The van der Waals surface area contributed by atoms with Crippen LogP contribution in [0, 0.1) is 92.7 Å². The zero-order valence-corrected chi connectivity index (χ0v) is 59.8. The topological polar surface area (TPSA) is 140 Å². The third-order valence-electron chi connectivity index (χ3n) is 28.4. The number of nitrogens with zero attached hydrogens (tertiary/aromatic N) is 4. The lowest BCUT2D eigenvalue weighted by molar-refractivity contribution is -0.0577. The van der Waals surface area contributed by atoms with Crippen LogP contribution >= 0.6 is 0 Å². The van der Waals surface area contributed by atoms with Crippen LogP contribution in [-0.2, 0) is 9.47 Å². The molecule has 0 spiro atoms. The van der Waals surface area contributed by atoms with Crippen LogP contribution in [0.5, 0.6) is 0 Å². The number of amides is 4. The maximum absolute atomic E-state index is 13.5. The van der Waals surface area contributed by atoms with Crippen molar-refractivity contribution >= 4 is 23.6 Å². The first-order chi connectivity index (χ1) is 45.0. The first-order valence-electron chi connectivity index (χ1n) is 38.3. The van der Waals surface area contributed by atoms with Gasteiger partial charge in [-0.2, -0.15) is 0 Å². The Morgan fingerprint density at radius 3 is 1.21 bits per heavy atom. The molecule has 94 heavy (non-hydrogen) atoms. The van der Waals surface area contributed by atoms with Crippen molar-refractivity contribution in [2.45, 2.75) is 235 Å². The van der Waals surface area contributed by atoms with Gasteiger partial charge in [0, 0.05) is 38.3 Å². The van der Waals surface area contributed by atoms with E-state index in [0.717, 1.165) is 97.7 Å². The molecule has 6 saturated carbocycles. The van der Waals surface area contributed by atoms with Gasteiger partial charge >= 0.3 is 0 Å². The van der Waals surface area contributed by atoms with Crippen LogP contribution in [0.2, 0.25) is 0 Å². The molecule has 18 atom stereocenters. The van der Waals surface area contributed by atoms with Gasteiger partial charge in [-0.15, -0.1) is 0 Å². The Balaban J connectivity index is 0.676. The molecule has 518 valence electrons. The van der Waals surface area contributed by atoms with E-state index in [1.165, 1.54) is 113 Å². The van der Waals surface area contributed by atoms with E-state index in [0.29, 0.717) is 97.5 Å². The fourth-order valence-electron chi connectivity index (χ4n) is 23.4. The van der Waals surface area contributed by atoms with Gasteiger partial charge < -0.3 is 19.7 Å². The summed E-state index contributed by atoms with van der Waals surface area (Å²) in [5.74, 6) is 7.91. The first-order valence-corrected chi connectivity index (χ1v) is 38.3. The number of rotatable bonds is 29. The van der Waals surface area contributed by atoms with Gasteiger partial charge in [-0.3, -0.25) is 38.8 Å². The quantitative estimate of drug-likeness (QED) is 0.0460. The van der Waals surface area contributed by atoms with E-state index in [2.05, 4.69) is 91.2 Å². The number of allylic oxidation sites excluding steroid dienone is 2. The fourth-order valence-corrected chi connectivity index (χ4v) is 23.4. The van der Waals surface area contributed by atoms with Crippen molar-refractivity contribution in [3.05, 3.63) is 94.1 Å². The van der Waals surface area contributed by atoms with Crippen LogP contribution in [0.3, 0.4) is 0 Å². The second kappa shape index (κ2) is 29.0. The van der Waals surface area contributed by atoms with Crippen LogP contribution in [0.4, 0.5) is 0 Å². The van der Waals surface area contributed by atoms with Crippen molar-refractivity contribution in [2.24, 2.45) is 92.7 Å². The highest BCUT2D eigenvalue weighted by Crippen LogP contribution is 2.69. The van der Waals surface area contributed by atoms with E-state index in [9.17, 15) is 29.4 Å². The minimum atomic E-state index is -0.928. The fraction of sp³-hybridized carbons (Fsp3) is 0.756. The molecule has 0 bridgehead atoms. The van der Waals surface area contributed by atoms with Crippen molar-refractivity contribution in [1.29, 1.82) is 0 Å². The van der Waals surface area contributed by atoms with Crippen LogP contribution in [-0.4, -0.2) is 143 Å². The van der Waals surface area contributed by atoms with Crippen molar-refractivity contribution < 1.29 is 38.9 Å². The van der Waals surface area contributed by atoms with Gasteiger partial charge in [0.2, 0.25) is 0 Å². The maximum Gasteiger partial charge on any atom is 0.261 e. The number of carbonyl (C=O) groups is 4. The monoisotopic (exact) mass is 1290 g/mol. The number of ether oxygens (including phenoxy) is 2. The molecule has 2 aromatic rings.